The molecule has 0 saturated carbocycles. The maximum atomic E-state index is 13.3. The molecule has 0 atom stereocenters. The van der Waals surface area contributed by atoms with Crippen molar-refractivity contribution < 1.29 is 4.79 Å². The first-order valence-electron chi connectivity index (χ1n) is 10.4. The summed E-state index contributed by atoms with van der Waals surface area (Å²) in [6.45, 7) is 13.0. The maximum Gasteiger partial charge on any atom is 0.270 e. The fourth-order valence-electron chi connectivity index (χ4n) is 3.98. The molecule has 0 unspecified atom stereocenters. The molecular formula is C24H31N3OS. The molecule has 0 bridgehead atoms. The van der Waals surface area contributed by atoms with Gasteiger partial charge >= 0.3 is 0 Å². The summed E-state index contributed by atoms with van der Waals surface area (Å²) in [5, 5.41) is 0. The van der Waals surface area contributed by atoms with Gasteiger partial charge in [0.25, 0.3) is 5.91 Å². The van der Waals surface area contributed by atoms with Gasteiger partial charge in [-0.2, -0.15) is 0 Å². The summed E-state index contributed by atoms with van der Waals surface area (Å²) in [6, 6.07) is 13.2. The van der Waals surface area contributed by atoms with E-state index < -0.39 is 0 Å². The number of hydrogen-bond acceptors (Lipinski definition) is 3. The molecule has 4 rings (SSSR count). The molecular weight excluding hydrogens is 378 g/mol. The molecule has 29 heavy (non-hydrogen) atoms. The van der Waals surface area contributed by atoms with E-state index in [4.69, 9.17) is 0 Å². The van der Waals surface area contributed by atoms with Crippen LogP contribution in [0.4, 0.5) is 0 Å². The molecule has 1 aromatic carbocycles. The molecule has 1 saturated heterocycles. The highest BCUT2D eigenvalue weighted by Gasteiger charge is 2.25. The summed E-state index contributed by atoms with van der Waals surface area (Å²) in [4.78, 5) is 18.9. The van der Waals surface area contributed by atoms with E-state index in [9.17, 15) is 4.79 Å². The summed E-state index contributed by atoms with van der Waals surface area (Å²) in [6.07, 6.45) is 0. The molecule has 5 heteroatoms. The first kappa shape index (κ1) is 20.2. The van der Waals surface area contributed by atoms with Crippen LogP contribution >= 0.6 is 11.3 Å². The number of rotatable bonds is 3. The number of thiophene rings is 1. The Labute approximate surface area is 177 Å². The molecule has 2 aromatic heterocycles. The number of fused-ring (bicyclic) bond motifs is 1. The minimum absolute atomic E-state index is 0.145. The fourth-order valence-corrected chi connectivity index (χ4v) is 4.94. The Morgan fingerprint density at radius 1 is 1.03 bits per heavy atom. The highest BCUT2D eigenvalue weighted by Crippen LogP contribution is 2.30. The van der Waals surface area contributed by atoms with Crippen molar-refractivity contribution in [1.82, 2.24) is 14.4 Å². The molecule has 1 fully saturated rings. The van der Waals surface area contributed by atoms with E-state index in [2.05, 4.69) is 80.6 Å². The Morgan fingerprint density at radius 2 is 1.69 bits per heavy atom. The second-order valence-electron chi connectivity index (χ2n) is 9.26. The van der Waals surface area contributed by atoms with Gasteiger partial charge in [-0.1, -0.05) is 45.0 Å². The summed E-state index contributed by atoms with van der Waals surface area (Å²) in [7, 11) is 2.12. The highest BCUT2D eigenvalue weighted by molar-refractivity contribution is 7.19. The summed E-state index contributed by atoms with van der Waals surface area (Å²) < 4.78 is 3.41. The smallest absolute Gasteiger partial charge is 0.270 e. The zero-order chi connectivity index (χ0) is 20.8. The third kappa shape index (κ3) is 4.12. The maximum absolute atomic E-state index is 13.3. The molecule has 0 N–H and O–H groups in total. The normalized spacial score (nSPS) is 16.0. The van der Waals surface area contributed by atoms with Crippen LogP contribution in [-0.2, 0) is 12.0 Å². The molecule has 3 aromatic rings. The van der Waals surface area contributed by atoms with Crippen molar-refractivity contribution in [1.29, 1.82) is 0 Å². The van der Waals surface area contributed by atoms with E-state index >= 15 is 0 Å². The van der Waals surface area contributed by atoms with Crippen molar-refractivity contribution >= 4 is 27.5 Å². The second kappa shape index (κ2) is 7.62. The Morgan fingerprint density at radius 3 is 2.31 bits per heavy atom. The van der Waals surface area contributed by atoms with Gasteiger partial charge in [-0.25, -0.2) is 0 Å². The van der Waals surface area contributed by atoms with E-state index in [0.717, 1.165) is 38.4 Å². The number of likely N-dealkylation sites (N-methyl/N-ethyl adjacent to an activating group) is 1. The largest absolute Gasteiger partial charge is 0.335 e. The van der Waals surface area contributed by atoms with Gasteiger partial charge in [-0.15, -0.1) is 11.3 Å². The van der Waals surface area contributed by atoms with Crippen LogP contribution in [0.3, 0.4) is 0 Å². The van der Waals surface area contributed by atoms with Gasteiger partial charge in [0.1, 0.15) is 5.69 Å². The van der Waals surface area contributed by atoms with E-state index in [0.29, 0.717) is 0 Å². The van der Waals surface area contributed by atoms with Gasteiger partial charge in [-0.3, -0.25) is 4.79 Å². The van der Waals surface area contributed by atoms with E-state index in [1.54, 1.807) is 11.3 Å². The Balaban J connectivity index is 1.67. The molecule has 1 amide bonds. The predicted octanol–water partition coefficient (Wildman–Crippen LogP) is 4.74. The third-order valence-electron chi connectivity index (χ3n) is 5.88. The monoisotopic (exact) mass is 409 g/mol. The van der Waals surface area contributed by atoms with Gasteiger partial charge < -0.3 is 14.4 Å². The lowest BCUT2D eigenvalue weighted by Crippen LogP contribution is -2.47. The first-order valence-corrected chi connectivity index (χ1v) is 11.2. The van der Waals surface area contributed by atoms with Gasteiger partial charge in [0.05, 0.1) is 10.2 Å². The predicted molar refractivity (Wildman–Crippen MR) is 122 cm³/mol. The van der Waals surface area contributed by atoms with Crippen LogP contribution in [0, 0.1) is 6.92 Å². The Hall–Kier alpha value is -2.11. The summed E-state index contributed by atoms with van der Waals surface area (Å²) in [5.41, 5.74) is 4.69. The number of amides is 1. The number of benzene rings is 1. The quantitative estimate of drug-likeness (QED) is 0.625. The molecule has 0 aliphatic carbocycles. The molecule has 4 nitrogen and oxygen atoms in total. The van der Waals surface area contributed by atoms with E-state index in [1.807, 2.05) is 4.90 Å². The molecule has 0 radical (unpaired) electrons. The van der Waals surface area contributed by atoms with Crippen molar-refractivity contribution in [2.75, 3.05) is 33.2 Å². The highest BCUT2D eigenvalue weighted by atomic mass is 32.1. The van der Waals surface area contributed by atoms with Crippen molar-refractivity contribution in [3.05, 3.63) is 58.1 Å². The lowest BCUT2D eigenvalue weighted by molar-refractivity contribution is 0.0654. The number of aryl methyl sites for hydroxylation is 1. The topological polar surface area (TPSA) is 28.5 Å². The van der Waals surface area contributed by atoms with Gasteiger partial charge in [0, 0.05) is 37.6 Å². The van der Waals surface area contributed by atoms with Crippen molar-refractivity contribution in [2.24, 2.45) is 0 Å². The molecule has 3 heterocycles. The van der Waals surface area contributed by atoms with Crippen LogP contribution in [0.2, 0.25) is 0 Å². The number of piperazine rings is 1. The number of carbonyl (C=O) groups is 1. The van der Waals surface area contributed by atoms with Crippen LogP contribution in [-0.4, -0.2) is 53.5 Å². The number of hydrogen-bond donors (Lipinski definition) is 0. The first-order chi connectivity index (χ1) is 13.7. The average molecular weight is 410 g/mol. The van der Waals surface area contributed by atoms with Crippen molar-refractivity contribution in [3.8, 4) is 0 Å². The SMILES string of the molecule is Cc1cc2c(cc(C(=O)N3CCN(C)CC3)n2Cc2ccc(C(C)(C)C)cc2)s1. The van der Waals surface area contributed by atoms with Crippen LogP contribution < -0.4 is 0 Å². The molecule has 1 aliphatic rings. The Bertz CT molecular complexity index is 1010. The number of aromatic nitrogens is 1. The van der Waals surface area contributed by atoms with Crippen molar-refractivity contribution in [3.63, 3.8) is 0 Å². The minimum Gasteiger partial charge on any atom is -0.335 e. The third-order valence-corrected chi connectivity index (χ3v) is 6.87. The lowest BCUT2D eigenvalue weighted by atomic mass is 9.87. The summed E-state index contributed by atoms with van der Waals surface area (Å²) >= 11 is 1.77. The van der Waals surface area contributed by atoms with Crippen molar-refractivity contribution in [2.45, 2.75) is 39.7 Å². The van der Waals surface area contributed by atoms with Gasteiger partial charge in [0.15, 0.2) is 0 Å². The van der Waals surface area contributed by atoms with Crippen LogP contribution in [0.1, 0.15) is 47.3 Å². The van der Waals surface area contributed by atoms with Gasteiger partial charge in [-0.05, 0) is 42.6 Å². The number of carbonyl (C=O) groups excluding carboxylic acids is 1. The fraction of sp³-hybridized carbons (Fsp3) is 0.458. The molecule has 154 valence electrons. The van der Waals surface area contributed by atoms with Crippen LogP contribution in [0.5, 0.6) is 0 Å². The van der Waals surface area contributed by atoms with Gasteiger partial charge in [0.2, 0.25) is 0 Å². The zero-order valence-corrected chi connectivity index (χ0v) is 19.0. The second-order valence-corrected chi connectivity index (χ2v) is 10.6. The van der Waals surface area contributed by atoms with Crippen LogP contribution in [0.15, 0.2) is 36.4 Å². The van der Waals surface area contributed by atoms with E-state index in [1.165, 1.54) is 26.2 Å². The minimum atomic E-state index is 0.145. The number of nitrogens with zero attached hydrogens (tertiary/aromatic N) is 3. The molecule has 0 spiro atoms. The zero-order valence-electron chi connectivity index (χ0n) is 18.2. The van der Waals surface area contributed by atoms with Crippen LogP contribution in [0.25, 0.3) is 10.2 Å². The standard InChI is InChI=1S/C24H31N3OS/c1-17-14-20-22(29-17)15-21(23(28)26-12-10-25(5)11-13-26)27(20)16-18-6-8-19(9-7-18)24(2,3)4/h6-9,14-15H,10-13,16H2,1-5H3. The lowest BCUT2D eigenvalue weighted by Gasteiger charge is -2.32. The summed E-state index contributed by atoms with van der Waals surface area (Å²) in [5.74, 6) is 0.158. The Kier molecular flexibility index (Phi) is 5.30. The average Bonchev–Trinajstić information content (AvgIpc) is 3.18. The molecule has 1 aliphatic heterocycles. The van der Waals surface area contributed by atoms with E-state index in [-0.39, 0.29) is 11.3 Å².